The van der Waals surface area contributed by atoms with E-state index >= 15 is 0 Å². The van der Waals surface area contributed by atoms with Crippen molar-refractivity contribution in [3.8, 4) is 0 Å². The first kappa shape index (κ1) is 19.5. The van der Waals surface area contributed by atoms with Gasteiger partial charge < -0.3 is 9.64 Å². The summed E-state index contributed by atoms with van der Waals surface area (Å²) in [5.41, 5.74) is 0.697. The summed E-state index contributed by atoms with van der Waals surface area (Å²) < 4.78 is 46.4. The van der Waals surface area contributed by atoms with Crippen LogP contribution in [0.25, 0.3) is 0 Å². The largest absolute Gasteiger partial charge is 0.433 e. The van der Waals surface area contributed by atoms with Crippen molar-refractivity contribution in [2.45, 2.75) is 37.8 Å². The van der Waals surface area contributed by atoms with Crippen LogP contribution in [0.5, 0.6) is 0 Å². The molecular formula is C19H26F3N3OS. The standard InChI is InChI=1S/C19H26F3N3OS/c1-13-7-16(19(20,21)22)23-14(2)17(13)27-25-11-18(12-25)9-24(10-18)8-15-3-5-26-6-4-15/h7,15H,3-6,8-12H2,1-2H3. The molecule has 4 nitrogen and oxygen atoms in total. The smallest absolute Gasteiger partial charge is 0.381 e. The summed E-state index contributed by atoms with van der Waals surface area (Å²) in [5.74, 6) is 0.769. The molecule has 0 N–H and O–H groups in total. The Morgan fingerprint density at radius 2 is 1.85 bits per heavy atom. The predicted octanol–water partition coefficient (Wildman–Crippen LogP) is 3.77. The Bertz CT molecular complexity index is 669. The summed E-state index contributed by atoms with van der Waals surface area (Å²) in [7, 11) is 0. The van der Waals surface area contributed by atoms with Gasteiger partial charge in [0.1, 0.15) is 5.69 Å². The summed E-state index contributed by atoms with van der Waals surface area (Å²) in [6.07, 6.45) is -2.05. The van der Waals surface area contributed by atoms with Crippen LogP contribution in [0.4, 0.5) is 13.2 Å². The number of ether oxygens (including phenoxy) is 1. The monoisotopic (exact) mass is 401 g/mol. The fourth-order valence-corrected chi connectivity index (χ4v) is 5.84. The molecule has 3 aliphatic rings. The molecule has 0 radical (unpaired) electrons. The van der Waals surface area contributed by atoms with E-state index in [4.69, 9.17) is 4.74 Å². The van der Waals surface area contributed by atoms with E-state index in [1.807, 2.05) is 0 Å². The van der Waals surface area contributed by atoms with Gasteiger partial charge in [0.25, 0.3) is 0 Å². The Labute approximate surface area is 162 Å². The normalized spacial score (nSPS) is 24.0. The average molecular weight is 401 g/mol. The molecule has 0 atom stereocenters. The zero-order valence-electron chi connectivity index (χ0n) is 15.8. The van der Waals surface area contributed by atoms with E-state index in [2.05, 4.69) is 14.2 Å². The number of hydrogen-bond donors (Lipinski definition) is 0. The van der Waals surface area contributed by atoms with E-state index in [1.165, 1.54) is 19.4 Å². The Hall–Kier alpha value is -0.830. The van der Waals surface area contributed by atoms with E-state index < -0.39 is 11.9 Å². The van der Waals surface area contributed by atoms with Crippen LogP contribution in [0.2, 0.25) is 0 Å². The van der Waals surface area contributed by atoms with Crippen molar-refractivity contribution in [3.05, 3.63) is 23.0 Å². The molecule has 0 saturated carbocycles. The average Bonchev–Trinajstić information content (AvgIpc) is 2.53. The number of nitrogens with zero attached hydrogens (tertiary/aromatic N) is 3. The predicted molar refractivity (Wildman–Crippen MR) is 98.6 cm³/mol. The minimum absolute atomic E-state index is 0.388. The van der Waals surface area contributed by atoms with Crippen molar-refractivity contribution in [2.24, 2.45) is 11.3 Å². The summed E-state index contributed by atoms with van der Waals surface area (Å²) in [6.45, 7) is 10.7. The van der Waals surface area contributed by atoms with Crippen LogP contribution in [0.1, 0.15) is 29.8 Å². The second-order valence-electron chi connectivity index (χ2n) is 8.35. The van der Waals surface area contributed by atoms with Gasteiger partial charge in [-0.3, -0.25) is 0 Å². The molecule has 1 aromatic heterocycles. The van der Waals surface area contributed by atoms with Gasteiger partial charge in [0.2, 0.25) is 0 Å². The van der Waals surface area contributed by atoms with E-state index in [0.29, 0.717) is 16.7 Å². The van der Waals surface area contributed by atoms with Gasteiger partial charge in [-0.05, 0) is 56.2 Å². The van der Waals surface area contributed by atoms with Crippen LogP contribution in [-0.4, -0.2) is 60.1 Å². The number of aromatic nitrogens is 1. The quantitative estimate of drug-likeness (QED) is 0.717. The highest BCUT2D eigenvalue weighted by Crippen LogP contribution is 2.46. The Morgan fingerprint density at radius 1 is 1.19 bits per heavy atom. The summed E-state index contributed by atoms with van der Waals surface area (Å²) in [6, 6.07) is 1.16. The lowest BCUT2D eigenvalue weighted by molar-refractivity contribution is -0.141. The van der Waals surface area contributed by atoms with E-state index in [-0.39, 0.29) is 0 Å². The van der Waals surface area contributed by atoms with Gasteiger partial charge in [-0.1, -0.05) is 0 Å². The van der Waals surface area contributed by atoms with E-state index in [9.17, 15) is 13.2 Å². The van der Waals surface area contributed by atoms with Gasteiger partial charge in [0, 0.05) is 56.2 Å². The molecule has 8 heteroatoms. The van der Waals surface area contributed by atoms with Crippen LogP contribution in [0.3, 0.4) is 0 Å². The second-order valence-corrected chi connectivity index (χ2v) is 9.46. The fraction of sp³-hybridized carbons (Fsp3) is 0.737. The fourth-order valence-electron chi connectivity index (χ4n) is 4.52. The Balaban J connectivity index is 1.28. The van der Waals surface area contributed by atoms with Gasteiger partial charge in [-0.2, -0.15) is 13.2 Å². The number of alkyl halides is 3. The highest BCUT2D eigenvalue weighted by Gasteiger charge is 2.52. The number of halogens is 3. The van der Waals surface area contributed by atoms with Crippen molar-refractivity contribution < 1.29 is 17.9 Å². The van der Waals surface area contributed by atoms with Crippen LogP contribution in [-0.2, 0) is 10.9 Å². The van der Waals surface area contributed by atoms with Crippen molar-refractivity contribution in [3.63, 3.8) is 0 Å². The highest BCUT2D eigenvalue weighted by atomic mass is 32.2. The molecule has 0 bridgehead atoms. The number of hydrogen-bond acceptors (Lipinski definition) is 5. The molecule has 1 aromatic rings. The zero-order valence-corrected chi connectivity index (χ0v) is 16.6. The maximum absolute atomic E-state index is 12.9. The maximum atomic E-state index is 12.9. The van der Waals surface area contributed by atoms with E-state index in [0.717, 1.165) is 56.3 Å². The molecule has 150 valence electrons. The molecule has 1 spiro atoms. The number of pyridine rings is 1. The van der Waals surface area contributed by atoms with Gasteiger partial charge in [-0.25, -0.2) is 9.29 Å². The number of rotatable bonds is 4. The van der Waals surface area contributed by atoms with Crippen molar-refractivity contribution in [1.82, 2.24) is 14.2 Å². The molecule has 3 saturated heterocycles. The van der Waals surface area contributed by atoms with Crippen LogP contribution in [0.15, 0.2) is 11.0 Å². The van der Waals surface area contributed by atoms with Crippen LogP contribution in [0, 0.1) is 25.2 Å². The topological polar surface area (TPSA) is 28.6 Å². The van der Waals surface area contributed by atoms with Gasteiger partial charge >= 0.3 is 6.18 Å². The Kier molecular flexibility index (Phi) is 5.20. The van der Waals surface area contributed by atoms with E-state index in [1.54, 1.807) is 25.8 Å². The van der Waals surface area contributed by atoms with Gasteiger partial charge in [-0.15, -0.1) is 0 Å². The molecule has 0 amide bonds. The lowest BCUT2D eigenvalue weighted by Crippen LogP contribution is -2.70. The first-order chi connectivity index (χ1) is 12.7. The minimum Gasteiger partial charge on any atom is -0.381 e. The first-order valence-electron chi connectivity index (χ1n) is 9.53. The molecule has 3 fully saturated rings. The maximum Gasteiger partial charge on any atom is 0.433 e. The summed E-state index contributed by atoms with van der Waals surface area (Å²) in [5, 5.41) is 0. The lowest BCUT2D eigenvalue weighted by Gasteiger charge is -2.60. The summed E-state index contributed by atoms with van der Waals surface area (Å²) in [4.78, 5) is 7.18. The second kappa shape index (κ2) is 7.21. The van der Waals surface area contributed by atoms with Gasteiger partial charge in [0.15, 0.2) is 0 Å². The van der Waals surface area contributed by atoms with Gasteiger partial charge in [0.05, 0.1) is 5.69 Å². The molecular weight excluding hydrogens is 375 g/mol. The minimum atomic E-state index is -4.39. The molecule has 0 aliphatic carbocycles. The third-order valence-corrected chi connectivity index (χ3v) is 7.15. The molecule has 4 heterocycles. The van der Waals surface area contributed by atoms with Crippen molar-refractivity contribution in [1.29, 1.82) is 0 Å². The molecule has 0 unspecified atom stereocenters. The molecule has 0 aromatic carbocycles. The number of likely N-dealkylation sites (tertiary alicyclic amines) is 1. The van der Waals surface area contributed by atoms with Crippen LogP contribution < -0.4 is 0 Å². The number of aryl methyl sites for hydroxylation is 2. The van der Waals surface area contributed by atoms with Crippen molar-refractivity contribution >= 4 is 11.9 Å². The van der Waals surface area contributed by atoms with Crippen LogP contribution >= 0.6 is 11.9 Å². The molecule has 4 rings (SSSR count). The summed E-state index contributed by atoms with van der Waals surface area (Å²) >= 11 is 1.56. The van der Waals surface area contributed by atoms with Crippen molar-refractivity contribution in [2.75, 3.05) is 45.9 Å². The third-order valence-electron chi connectivity index (χ3n) is 5.84. The lowest BCUT2D eigenvalue weighted by atomic mass is 9.74. The molecule has 3 aliphatic heterocycles. The SMILES string of the molecule is Cc1cc(C(F)(F)F)nc(C)c1SN1CC2(CN(CC3CCOCC3)C2)C1. The highest BCUT2D eigenvalue weighted by molar-refractivity contribution is 7.97. The zero-order chi connectivity index (χ0) is 19.2. The third kappa shape index (κ3) is 4.13. The Morgan fingerprint density at radius 3 is 2.44 bits per heavy atom. The first-order valence-corrected chi connectivity index (χ1v) is 10.3. The molecule has 27 heavy (non-hydrogen) atoms.